The van der Waals surface area contributed by atoms with Crippen molar-refractivity contribution in [1.82, 2.24) is 10.6 Å². The van der Waals surface area contributed by atoms with Gasteiger partial charge in [0.15, 0.2) is 16.6 Å². The lowest BCUT2D eigenvalue weighted by Crippen LogP contribution is -2.51. The van der Waals surface area contributed by atoms with Crippen molar-refractivity contribution in [2.45, 2.75) is 6.04 Å². The number of ether oxygens (including phenoxy) is 5. The molecule has 0 amide bonds. The van der Waals surface area contributed by atoms with Crippen LogP contribution in [0.5, 0.6) is 17.2 Å². The molecule has 1 aromatic rings. The van der Waals surface area contributed by atoms with Crippen molar-refractivity contribution in [2.75, 3.05) is 41.7 Å². The maximum Gasteiger partial charge on any atom is 0.317 e. The Bertz CT molecular complexity index is 699. The van der Waals surface area contributed by atoms with Crippen molar-refractivity contribution in [3.8, 4) is 17.2 Å². The number of benzene rings is 1. The molecule has 0 spiro atoms. The van der Waals surface area contributed by atoms with Gasteiger partial charge in [-0.05, 0) is 29.9 Å². The van der Waals surface area contributed by atoms with Crippen LogP contribution in [-0.2, 0) is 14.3 Å². The first-order valence-corrected chi connectivity index (χ1v) is 8.59. The van der Waals surface area contributed by atoms with Crippen LogP contribution >= 0.6 is 12.2 Å². The third-order valence-electron chi connectivity index (χ3n) is 4.10. The molecule has 0 bridgehead atoms. The van der Waals surface area contributed by atoms with E-state index in [4.69, 9.17) is 35.9 Å². The Morgan fingerprint density at radius 1 is 1.11 bits per heavy atom. The van der Waals surface area contributed by atoms with E-state index in [9.17, 15) is 4.79 Å². The van der Waals surface area contributed by atoms with Crippen LogP contribution in [0.1, 0.15) is 11.6 Å². The summed E-state index contributed by atoms with van der Waals surface area (Å²) in [6.45, 7) is 4.38. The van der Waals surface area contributed by atoms with Crippen LogP contribution in [0.3, 0.4) is 0 Å². The van der Waals surface area contributed by atoms with Gasteiger partial charge in [-0.1, -0.05) is 6.58 Å². The molecule has 0 aromatic heterocycles. The predicted octanol–water partition coefficient (Wildman–Crippen LogP) is 1.55. The first kappa shape index (κ1) is 20.8. The Balaban J connectivity index is 2.43. The van der Waals surface area contributed by atoms with Crippen molar-refractivity contribution in [1.29, 1.82) is 0 Å². The van der Waals surface area contributed by atoms with Crippen molar-refractivity contribution >= 4 is 23.3 Å². The van der Waals surface area contributed by atoms with E-state index in [2.05, 4.69) is 17.2 Å². The second-order valence-electron chi connectivity index (χ2n) is 5.70. The van der Waals surface area contributed by atoms with E-state index in [1.807, 2.05) is 0 Å². The smallest absolute Gasteiger partial charge is 0.317 e. The number of thiocarbonyl (C=S) groups is 1. The summed E-state index contributed by atoms with van der Waals surface area (Å²) in [6, 6.07) is 3.00. The Hall–Kier alpha value is -2.52. The van der Waals surface area contributed by atoms with Gasteiger partial charge in [0.25, 0.3) is 0 Å². The summed E-state index contributed by atoms with van der Waals surface area (Å²) >= 11 is 5.23. The fourth-order valence-corrected chi connectivity index (χ4v) is 3.09. The standard InChI is InChI=1S/C18H24N2O6S/c1-10-14(17(21)26-7-6-22-2)15(20-18(27)19-10)11-8-12(23-3)16(25-5)13(9-11)24-4/h8-9,14-15H,1,6-7H2,2-5H3,(H2,19,20,27)/t14-,15-/m0/s1. The fraction of sp³-hybridized carbons (Fsp3) is 0.444. The Labute approximate surface area is 163 Å². The zero-order valence-corrected chi connectivity index (χ0v) is 16.6. The number of carbonyl (C=O) groups is 1. The van der Waals surface area contributed by atoms with Gasteiger partial charge in [0.05, 0.1) is 34.0 Å². The first-order chi connectivity index (χ1) is 13.0. The van der Waals surface area contributed by atoms with Crippen LogP contribution in [-0.4, -0.2) is 52.7 Å². The molecule has 27 heavy (non-hydrogen) atoms. The van der Waals surface area contributed by atoms with E-state index >= 15 is 0 Å². The van der Waals surface area contributed by atoms with Gasteiger partial charge in [-0.3, -0.25) is 4.79 Å². The van der Waals surface area contributed by atoms with Gasteiger partial charge in [0.1, 0.15) is 12.5 Å². The first-order valence-electron chi connectivity index (χ1n) is 8.18. The van der Waals surface area contributed by atoms with Crippen LogP contribution in [0, 0.1) is 5.92 Å². The summed E-state index contributed by atoms with van der Waals surface area (Å²) in [5, 5.41) is 6.35. The SMILES string of the molecule is C=C1NC(=S)N[C@@H](c2cc(OC)c(OC)c(OC)c2)[C@H]1C(=O)OCCOC. The maximum absolute atomic E-state index is 12.7. The van der Waals surface area contributed by atoms with Crippen LogP contribution in [0.4, 0.5) is 0 Å². The zero-order valence-electron chi connectivity index (χ0n) is 15.8. The summed E-state index contributed by atoms with van der Waals surface area (Å²) in [5.41, 5.74) is 1.16. The molecule has 0 unspecified atom stereocenters. The molecular weight excluding hydrogens is 372 g/mol. The molecule has 1 aromatic carbocycles. The van der Waals surface area contributed by atoms with Gasteiger partial charge in [-0.25, -0.2) is 0 Å². The zero-order chi connectivity index (χ0) is 20.0. The van der Waals surface area contributed by atoms with Gasteiger partial charge in [0.2, 0.25) is 5.75 Å². The highest BCUT2D eigenvalue weighted by molar-refractivity contribution is 7.80. The number of hydrogen-bond acceptors (Lipinski definition) is 7. The molecule has 2 N–H and O–H groups in total. The lowest BCUT2D eigenvalue weighted by molar-refractivity contribution is -0.149. The summed E-state index contributed by atoms with van der Waals surface area (Å²) in [5.74, 6) is 0.235. The molecule has 1 aliphatic heterocycles. The van der Waals surface area contributed by atoms with Crippen LogP contribution in [0.25, 0.3) is 0 Å². The number of esters is 1. The van der Waals surface area contributed by atoms with E-state index in [-0.39, 0.29) is 6.61 Å². The Morgan fingerprint density at radius 2 is 1.74 bits per heavy atom. The molecule has 9 heteroatoms. The molecule has 8 nitrogen and oxygen atoms in total. The molecule has 0 saturated carbocycles. The summed E-state index contributed by atoms with van der Waals surface area (Å²) in [7, 11) is 6.11. The average Bonchev–Trinajstić information content (AvgIpc) is 2.66. The van der Waals surface area contributed by atoms with E-state index in [0.717, 1.165) is 0 Å². The second-order valence-corrected chi connectivity index (χ2v) is 6.11. The van der Waals surface area contributed by atoms with Crippen LogP contribution in [0.2, 0.25) is 0 Å². The van der Waals surface area contributed by atoms with Crippen molar-refractivity contribution < 1.29 is 28.5 Å². The third-order valence-corrected chi connectivity index (χ3v) is 4.32. The number of rotatable bonds is 8. The van der Waals surface area contributed by atoms with Gasteiger partial charge in [0, 0.05) is 12.8 Å². The minimum atomic E-state index is -0.712. The topological polar surface area (TPSA) is 87.3 Å². The highest BCUT2D eigenvalue weighted by Crippen LogP contribution is 2.42. The fourth-order valence-electron chi connectivity index (χ4n) is 2.84. The Morgan fingerprint density at radius 3 is 2.26 bits per heavy atom. The molecule has 2 rings (SSSR count). The summed E-state index contributed by atoms with van der Waals surface area (Å²) in [6.07, 6.45) is 0. The quantitative estimate of drug-likeness (QED) is 0.386. The second kappa shape index (κ2) is 9.43. The summed E-state index contributed by atoms with van der Waals surface area (Å²) < 4.78 is 26.4. The largest absolute Gasteiger partial charge is 0.493 e. The minimum absolute atomic E-state index is 0.144. The van der Waals surface area contributed by atoms with Crippen LogP contribution < -0.4 is 24.8 Å². The molecule has 1 aliphatic rings. The van der Waals surface area contributed by atoms with Crippen LogP contribution in [0.15, 0.2) is 24.4 Å². The maximum atomic E-state index is 12.7. The summed E-state index contributed by atoms with van der Waals surface area (Å²) in [4.78, 5) is 12.7. The average molecular weight is 396 g/mol. The molecule has 0 aliphatic carbocycles. The molecule has 1 saturated heterocycles. The van der Waals surface area contributed by atoms with E-state index < -0.39 is 17.9 Å². The third kappa shape index (κ3) is 4.61. The van der Waals surface area contributed by atoms with E-state index in [1.54, 1.807) is 12.1 Å². The minimum Gasteiger partial charge on any atom is -0.493 e. The van der Waals surface area contributed by atoms with E-state index in [1.165, 1.54) is 28.4 Å². The lowest BCUT2D eigenvalue weighted by Gasteiger charge is -2.35. The molecule has 1 fully saturated rings. The van der Waals surface area contributed by atoms with E-state index in [0.29, 0.717) is 40.2 Å². The predicted molar refractivity (Wildman–Crippen MR) is 103 cm³/mol. The Kier molecular flexibility index (Phi) is 7.26. The van der Waals surface area contributed by atoms with Gasteiger partial charge >= 0.3 is 5.97 Å². The van der Waals surface area contributed by atoms with Crippen molar-refractivity contribution in [3.05, 3.63) is 30.0 Å². The van der Waals surface area contributed by atoms with Gasteiger partial charge in [-0.15, -0.1) is 0 Å². The molecular formula is C18H24N2O6S. The number of nitrogens with one attached hydrogen (secondary N) is 2. The van der Waals surface area contributed by atoms with Gasteiger partial charge in [-0.2, -0.15) is 0 Å². The molecule has 1 heterocycles. The number of hydrogen-bond donors (Lipinski definition) is 2. The normalized spacial score (nSPS) is 19.0. The molecule has 0 radical (unpaired) electrons. The van der Waals surface area contributed by atoms with Crippen molar-refractivity contribution in [3.63, 3.8) is 0 Å². The highest BCUT2D eigenvalue weighted by Gasteiger charge is 2.38. The van der Waals surface area contributed by atoms with Gasteiger partial charge < -0.3 is 34.3 Å². The monoisotopic (exact) mass is 396 g/mol. The molecule has 2 atom stereocenters. The number of methoxy groups -OCH3 is 4. The van der Waals surface area contributed by atoms with Crippen molar-refractivity contribution in [2.24, 2.45) is 5.92 Å². The highest BCUT2D eigenvalue weighted by atomic mass is 32.1. The number of carbonyl (C=O) groups excluding carboxylic acids is 1. The molecule has 148 valence electrons. The lowest BCUT2D eigenvalue weighted by atomic mass is 9.88.